The lowest BCUT2D eigenvalue weighted by molar-refractivity contribution is -0.126. The summed E-state index contributed by atoms with van der Waals surface area (Å²) in [6, 6.07) is 2.03. The molecule has 114 valence electrons. The number of thiophene rings is 1. The van der Waals surface area contributed by atoms with Crippen LogP contribution in [-0.4, -0.2) is 55.1 Å². The van der Waals surface area contributed by atoms with Gasteiger partial charge in [0.05, 0.1) is 24.1 Å². The number of carbonyl (C=O) groups excluding carboxylic acids is 1. The van der Waals surface area contributed by atoms with Gasteiger partial charge in [-0.15, -0.1) is 11.3 Å². The molecule has 1 amide bonds. The minimum Gasteiger partial charge on any atom is -0.379 e. The Morgan fingerprint density at radius 3 is 3.00 bits per heavy atom. The molecule has 0 unspecified atom stereocenters. The molecule has 0 spiro atoms. The summed E-state index contributed by atoms with van der Waals surface area (Å²) in [5.74, 6) is 0.0958. The maximum absolute atomic E-state index is 12.2. The Bertz CT molecular complexity index is 538. The average molecular weight is 327 g/mol. The molecule has 1 fully saturated rings. The molecule has 6 heteroatoms. The topological polar surface area (TPSA) is 32.8 Å². The van der Waals surface area contributed by atoms with E-state index in [4.69, 9.17) is 16.3 Å². The van der Waals surface area contributed by atoms with Crippen molar-refractivity contribution in [3.05, 3.63) is 33.0 Å². The molecule has 0 saturated carbocycles. The number of amides is 1. The van der Waals surface area contributed by atoms with Crippen LogP contribution in [0.3, 0.4) is 0 Å². The first kappa shape index (κ1) is 15.0. The van der Waals surface area contributed by atoms with E-state index in [0.29, 0.717) is 6.54 Å². The van der Waals surface area contributed by atoms with E-state index in [1.807, 2.05) is 17.0 Å². The fraction of sp³-hybridized carbons (Fsp3) is 0.533. The highest BCUT2D eigenvalue weighted by molar-refractivity contribution is 7.16. The van der Waals surface area contributed by atoms with Crippen LogP contribution in [0.4, 0.5) is 0 Å². The molecule has 3 heterocycles. The Morgan fingerprint density at radius 2 is 2.19 bits per heavy atom. The molecule has 0 aromatic carbocycles. The zero-order chi connectivity index (χ0) is 14.7. The van der Waals surface area contributed by atoms with Crippen LogP contribution in [0.1, 0.15) is 10.4 Å². The van der Waals surface area contributed by atoms with Gasteiger partial charge in [-0.25, -0.2) is 0 Å². The lowest BCUT2D eigenvalue weighted by atomic mass is 10.1. The Balaban J connectivity index is 1.51. The minimum absolute atomic E-state index is 0.0958. The van der Waals surface area contributed by atoms with E-state index in [2.05, 4.69) is 4.90 Å². The van der Waals surface area contributed by atoms with Crippen molar-refractivity contribution >= 4 is 28.8 Å². The van der Waals surface area contributed by atoms with Crippen molar-refractivity contribution in [1.29, 1.82) is 0 Å². The number of nitrogens with zero attached hydrogens (tertiary/aromatic N) is 2. The maximum atomic E-state index is 12.2. The van der Waals surface area contributed by atoms with Gasteiger partial charge in [0.2, 0.25) is 5.91 Å². The Kier molecular flexibility index (Phi) is 4.95. The van der Waals surface area contributed by atoms with Crippen LogP contribution in [0, 0.1) is 0 Å². The molecule has 0 aliphatic carbocycles. The molecule has 2 aliphatic heterocycles. The van der Waals surface area contributed by atoms with E-state index < -0.39 is 0 Å². The molecule has 0 bridgehead atoms. The van der Waals surface area contributed by atoms with Crippen molar-refractivity contribution in [2.75, 3.05) is 39.4 Å². The minimum atomic E-state index is 0.0958. The van der Waals surface area contributed by atoms with Gasteiger partial charge in [0, 0.05) is 37.1 Å². The summed E-state index contributed by atoms with van der Waals surface area (Å²) in [5, 5.41) is 0. The van der Waals surface area contributed by atoms with Crippen molar-refractivity contribution in [3.63, 3.8) is 0 Å². The number of carbonyl (C=O) groups is 1. The zero-order valence-corrected chi connectivity index (χ0v) is 13.5. The van der Waals surface area contributed by atoms with Crippen molar-refractivity contribution in [2.45, 2.75) is 13.0 Å². The normalized spacial score (nSPS) is 20.0. The summed E-state index contributed by atoms with van der Waals surface area (Å²) in [7, 11) is 0. The van der Waals surface area contributed by atoms with Crippen molar-refractivity contribution in [2.24, 2.45) is 0 Å². The first-order chi connectivity index (χ1) is 10.2. The third-order valence-electron chi connectivity index (χ3n) is 3.89. The van der Waals surface area contributed by atoms with Gasteiger partial charge in [0.25, 0.3) is 0 Å². The van der Waals surface area contributed by atoms with E-state index >= 15 is 0 Å². The maximum Gasteiger partial charge on any atom is 0.246 e. The van der Waals surface area contributed by atoms with Gasteiger partial charge in [-0.1, -0.05) is 17.7 Å². The monoisotopic (exact) mass is 326 g/mol. The van der Waals surface area contributed by atoms with Crippen LogP contribution in [0.5, 0.6) is 0 Å². The fourth-order valence-electron chi connectivity index (χ4n) is 2.66. The molecule has 21 heavy (non-hydrogen) atoms. The third-order valence-corrected chi connectivity index (χ3v) is 5.18. The number of halogens is 1. The van der Waals surface area contributed by atoms with Crippen molar-refractivity contribution < 1.29 is 9.53 Å². The number of ether oxygens (including phenoxy) is 1. The third kappa shape index (κ3) is 3.86. The lowest BCUT2D eigenvalue weighted by Gasteiger charge is -2.26. The Morgan fingerprint density at radius 1 is 1.38 bits per heavy atom. The van der Waals surface area contributed by atoms with Crippen LogP contribution < -0.4 is 0 Å². The molecule has 2 aliphatic rings. The molecule has 1 saturated heterocycles. The van der Waals surface area contributed by atoms with Gasteiger partial charge in [0.1, 0.15) is 0 Å². The summed E-state index contributed by atoms with van der Waals surface area (Å²) in [6.45, 7) is 5.75. The Hall–Kier alpha value is -0.880. The predicted octanol–water partition coefficient (Wildman–Crippen LogP) is 2.17. The molecule has 1 aromatic heterocycles. The summed E-state index contributed by atoms with van der Waals surface area (Å²) >= 11 is 7.62. The second-order valence-electron chi connectivity index (χ2n) is 5.32. The average Bonchev–Trinajstić information content (AvgIpc) is 2.87. The second-order valence-corrected chi connectivity index (χ2v) is 7.09. The van der Waals surface area contributed by atoms with E-state index in [1.54, 1.807) is 17.4 Å². The largest absolute Gasteiger partial charge is 0.379 e. The van der Waals surface area contributed by atoms with Crippen molar-refractivity contribution in [3.8, 4) is 0 Å². The highest BCUT2D eigenvalue weighted by Crippen LogP contribution is 2.31. The van der Waals surface area contributed by atoms with Crippen LogP contribution in [0.2, 0.25) is 4.34 Å². The summed E-state index contributed by atoms with van der Waals surface area (Å²) in [6.07, 6.45) is 4.57. The number of rotatable bonds is 3. The van der Waals surface area contributed by atoms with Gasteiger partial charge in [-0.2, -0.15) is 0 Å². The van der Waals surface area contributed by atoms with E-state index in [9.17, 15) is 4.79 Å². The lowest BCUT2D eigenvalue weighted by Crippen LogP contribution is -2.37. The summed E-state index contributed by atoms with van der Waals surface area (Å²) in [5.41, 5.74) is 1.30. The molecule has 0 N–H and O–H groups in total. The molecule has 0 atom stereocenters. The number of fused-ring (bicyclic) bond motifs is 1. The van der Waals surface area contributed by atoms with Gasteiger partial charge < -0.3 is 9.64 Å². The van der Waals surface area contributed by atoms with Crippen LogP contribution in [-0.2, 0) is 22.5 Å². The van der Waals surface area contributed by atoms with E-state index in [1.165, 1.54) is 10.4 Å². The molecule has 4 nitrogen and oxygen atoms in total. The van der Waals surface area contributed by atoms with Crippen molar-refractivity contribution in [1.82, 2.24) is 9.80 Å². The first-order valence-corrected chi connectivity index (χ1v) is 8.44. The summed E-state index contributed by atoms with van der Waals surface area (Å²) < 4.78 is 6.12. The second kappa shape index (κ2) is 6.92. The summed E-state index contributed by atoms with van der Waals surface area (Å²) in [4.78, 5) is 17.6. The Labute approximate surface area is 133 Å². The molecule has 3 rings (SSSR count). The highest BCUT2D eigenvalue weighted by Gasteiger charge is 2.21. The number of hydrogen-bond acceptors (Lipinski definition) is 4. The van der Waals surface area contributed by atoms with Crippen LogP contribution in [0.25, 0.3) is 0 Å². The molecule has 1 aromatic rings. The zero-order valence-electron chi connectivity index (χ0n) is 11.9. The van der Waals surface area contributed by atoms with E-state index in [0.717, 1.165) is 50.1 Å². The van der Waals surface area contributed by atoms with Gasteiger partial charge >= 0.3 is 0 Å². The van der Waals surface area contributed by atoms with Gasteiger partial charge in [0.15, 0.2) is 0 Å². The van der Waals surface area contributed by atoms with Crippen LogP contribution in [0.15, 0.2) is 18.2 Å². The number of morpholine rings is 1. The van der Waals surface area contributed by atoms with E-state index in [-0.39, 0.29) is 5.91 Å². The fourth-order valence-corrected chi connectivity index (χ4v) is 4.02. The quantitative estimate of drug-likeness (QED) is 0.798. The first-order valence-electron chi connectivity index (χ1n) is 7.25. The highest BCUT2D eigenvalue weighted by atomic mass is 35.5. The smallest absolute Gasteiger partial charge is 0.246 e. The van der Waals surface area contributed by atoms with Gasteiger partial charge in [-0.05, 0) is 18.1 Å². The van der Waals surface area contributed by atoms with Crippen LogP contribution >= 0.6 is 22.9 Å². The predicted molar refractivity (Wildman–Crippen MR) is 84.8 cm³/mol. The SMILES string of the molecule is O=C(/C=C/CN1CCOCC1)N1CCc2cc(Cl)sc2C1. The van der Waals surface area contributed by atoms with Gasteiger partial charge in [-0.3, -0.25) is 9.69 Å². The molecule has 0 radical (unpaired) electrons. The molecular weight excluding hydrogens is 308 g/mol. The molecular formula is C15H19ClN2O2S. The standard InChI is InChI=1S/C15H19ClN2O2S/c16-14-10-12-3-5-18(11-13(12)21-14)15(19)2-1-4-17-6-8-20-9-7-17/h1-2,10H,3-9,11H2/b2-1+. The number of hydrogen-bond donors (Lipinski definition) is 0.